The largest absolute Gasteiger partial charge is 0.354 e. The van der Waals surface area contributed by atoms with Crippen molar-refractivity contribution in [1.29, 1.82) is 0 Å². The highest BCUT2D eigenvalue weighted by molar-refractivity contribution is 7.89. The molecule has 10 nitrogen and oxygen atoms in total. The van der Waals surface area contributed by atoms with Crippen LogP contribution in [0.3, 0.4) is 0 Å². The van der Waals surface area contributed by atoms with E-state index < -0.39 is 26.5 Å². The lowest BCUT2D eigenvalue weighted by Gasteiger charge is -2.11. The van der Waals surface area contributed by atoms with E-state index in [4.69, 9.17) is 0 Å². The van der Waals surface area contributed by atoms with Crippen LogP contribution in [0.4, 0.5) is 27.4 Å². The summed E-state index contributed by atoms with van der Waals surface area (Å²) in [5.41, 5.74) is 2.88. The van der Waals surface area contributed by atoms with Crippen LogP contribution in [0.1, 0.15) is 5.56 Å². The topological polar surface area (TPSA) is 139 Å². The third kappa shape index (κ3) is 4.80. The lowest BCUT2D eigenvalue weighted by molar-refractivity contribution is -0.383. The fraction of sp³-hybridized carbons (Fsp3) is 0.0588. The van der Waals surface area contributed by atoms with Crippen molar-refractivity contribution in [2.24, 2.45) is 0 Å². The van der Waals surface area contributed by atoms with Gasteiger partial charge in [0.1, 0.15) is 12.1 Å². The minimum absolute atomic E-state index is 0.0306. The molecular formula is C17H15FN6O4S. The molecule has 0 aliphatic carbocycles. The third-order valence-corrected chi connectivity index (χ3v) is 5.01. The summed E-state index contributed by atoms with van der Waals surface area (Å²) in [4.78, 5) is 20.3. The first-order chi connectivity index (χ1) is 13.8. The second-order valence-corrected chi connectivity index (χ2v) is 7.53. The van der Waals surface area contributed by atoms with Gasteiger partial charge in [0.25, 0.3) is 10.0 Å². The summed E-state index contributed by atoms with van der Waals surface area (Å²) in [7, 11) is -4.00. The molecule has 3 N–H and O–H groups in total. The molecule has 0 aliphatic heterocycles. The first-order valence-electron chi connectivity index (χ1n) is 8.13. The van der Waals surface area contributed by atoms with Crippen molar-refractivity contribution in [1.82, 2.24) is 14.8 Å². The fourth-order valence-corrected chi connectivity index (χ4v) is 3.14. The number of nitrogens with zero attached hydrogens (tertiary/aromatic N) is 3. The van der Waals surface area contributed by atoms with Crippen LogP contribution in [0.15, 0.2) is 59.8 Å². The molecule has 0 saturated carbocycles. The first-order valence-corrected chi connectivity index (χ1v) is 9.61. The zero-order valence-corrected chi connectivity index (χ0v) is 15.8. The number of anilines is 3. The van der Waals surface area contributed by atoms with Crippen LogP contribution in [-0.2, 0) is 10.0 Å². The minimum atomic E-state index is -4.00. The summed E-state index contributed by atoms with van der Waals surface area (Å²) in [6.07, 6.45) is 1.02. The molecule has 3 rings (SSSR count). The molecule has 1 aromatic heterocycles. The zero-order valence-electron chi connectivity index (χ0n) is 15.0. The van der Waals surface area contributed by atoms with Crippen molar-refractivity contribution in [2.75, 3.05) is 10.7 Å². The van der Waals surface area contributed by atoms with Crippen molar-refractivity contribution in [2.45, 2.75) is 11.8 Å². The maximum atomic E-state index is 13.0. The van der Waals surface area contributed by atoms with Gasteiger partial charge in [-0.15, -0.1) is 4.83 Å². The maximum Gasteiger partial charge on any atom is 0.354 e. The Morgan fingerprint density at radius 1 is 1.00 bits per heavy atom. The number of hydrazine groups is 1. The number of nitrogens with one attached hydrogen (secondary N) is 3. The summed E-state index contributed by atoms with van der Waals surface area (Å²) < 4.78 is 37.8. The van der Waals surface area contributed by atoms with Gasteiger partial charge in [-0.2, -0.15) is 0 Å². The second-order valence-electron chi connectivity index (χ2n) is 5.85. The molecule has 0 aliphatic rings. The number of benzene rings is 2. The van der Waals surface area contributed by atoms with E-state index in [1.54, 1.807) is 12.1 Å². The Morgan fingerprint density at radius 3 is 2.24 bits per heavy atom. The molecule has 0 radical (unpaired) electrons. The Kier molecular flexibility index (Phi) is 5.66. The molecular weight excluding hydrogens is 403 g/mol. The van der Waals surface area contributed by atoms with Crippen LogP contribution in [0.5, 0.6) is 0 Å². The van der Waals surface area contributed by atoms with Gasteiger partial charge in [-0.1, -0.05) is 17.7 Å². The Labute approximate surface area is 165 Å². The lowest BCUT2D eigenvalue weighted by atomic mass is 10.2. The van der Waals surface area contributed by atoms with Crippen molar-refractivity contribution in [3.8, 4) is 0 Å². The highest BCUT2D eigenvalue weighted by Gasteiger charge is 2.25. The molecule has 0 atom stereocenters. The summed E-state index contributed by atoms with van der Waals surface area (Å²) in [6.45, 7) is 1.81. The number of hydrogen-bond acceptors (Lipinski definition) is 8. The molecule has 0 amide bonds. The predicted molar refractivity (Wildman–Crippen MR) is 103 cm³/mol. The maximum absolute atomic E-state index is 13.0. The molecule has 0 fully saturated rings. The predicted octanol–water partition coefficient (Wildman–Crippen LogP) is 2.88. The summed E-state index contributed by atoms with van der Waals surface area (Å²) in [5.74, 6) is -1.04. The van der Waals surface area contributed by atoms with E-state index in [0.29, 0.717) is 5.69 Å². The molecule has 1 heterocycles. The van der Waals surface area contributed by atoms with Gasteiger partial charge in [0.15, 0.2) is 0 Å². The number of rotatable bonds is 7. The van der Waals surface area contributed by atoms with E-state index in [1.807, 2.05) is 6.92 Å². The highest BCUT2D eigenvalue weighted by atomic mass is 32.2. The number of hydrogen-bond donors (Lipinski definition) is 3. The van der Waals surface area contributed by atoms with Crippen LogP contribution < -0.4 is 15.6 Å². The van der Waals surface area contributed by atoms with Gasteiger partial charge < -0.3 is 5.32 Å². The quantitative estimate of drug-likeness (QED) is 0.393. The molecule has 0 bridgehead atoms. The van der Waals surface area contributed by atoms with Gasteiger partial charge in [-0.05, 0) is 43.3 Å². The summed E-state index contributed by atoms with van der Waals surface area (Å²) in [6, 6.07) is 11.1. The van der Waals surface area contributed by atoms with E-state index in [0.717, 1.165) is 11.9 Å². The van der Waals surface area contributed by atoms with Gasteiger partial charge in [0.05, 0.1) is 9.82 Å². The van der Waals surface area contributed by atoms with Crippen molar-refractivity contribution < 1.29 is 17.7 Å². The van der Waals surface area contributed by atoms with Gasteiger partial charge in [0, 0.05) is 5.69 Å². The average Bonchev–Trinajstić information content (AvgIpc) is 2.68. The van der Waals surface area contributed by atoms with Crippen molar-refractivity contribution in [3.05, 3.63) is 76.4 Å². The molecule has 12 heteroatoms. The molecule has 150 valence electrons. The molecule has 0 spiro atoms. The van der Waals surface area contributed by atoms with Crippen molar-refractivity contribution >= 4 is 33.0 Å². The van der Waals surface area contributed by atoms with E-state index >= 15 is 0 Å². The Bertz CT molecular complexity index is 1140. The molecule has 3 aromatic rings. The van der Waals surface area contributed by atoms with Gasteiger partial charge >= 0.3 is 5.69 Å². The van der Waals surface area contributed by atoms with E-state index in [2.05, 4.69) is 25.5 Å². The Hall–Kier alpha value is -3.64. The van der Waals surface area contributed by atoms with Crippen molar-refractivity contribution in [3.63, 3.8) is 0 Å². The SMILES string of the molecule is Cc1ccc(S(=O)(=O)NNc2ncnc(Nc3ccc(F)cc3)c2[N+](=O)[O-])cc1. The van der Waals surface area contributed by atoms with Crippen LogP contribution in [-0.4, -0.2) is 23.3 Å². The standard InChI is InChI=1S/C17H15FN6O4S/c1-11-2-8-14(9-3-11)29(27,28)23-22-17-15(24(25)26)16(19-10-20-17)21-13-6-4-12(18)5-7-13/h2-10,23H,1H3,(H2,19,20,21,22). The number of halogens is 1. The number of aromatic nitrogens is 2. The number of nitro groups is 1. The third-order valence-electron chi connectivity index (χ3n) is 3.75. The lowest BCUT2D eigenvalue weighted by Crippen LogP contribution is -2.30. The number of aryl methyl sites for hydroxylation is 1. The van der Waals surface area contributed by atoms with E-state index in [-0.39, 0.29) is 16.5 Å². The van der Waals surface area contributed by atoms with E-state index in [9.17, 15) is 22.9 Å². The van der Waals surface area contributed by atoms with Crippen LogP contribution >= 0.6 is 0 Å². The molecule has 29 heavy (non-hydrogen) atoms. The van der Waals surface area contributed by atoms with Crippen LogP contribution in [0, 0.1) is 22.9 Å². The molecule has 0 unspecified atom stereocenters. The molecule has 0 saturated heterocycles. The highest BCUT2D eigenvalue weighted by Crippen LogP contribution is 2.30. The summed E-state index contributed by atoms with van der Waals surface area (Å²) >= 11 is 0. The van der Waals surface area contributed by atoms with Gasteiger partial charge in [0.2, 0.25) is 11.6 Å². The van der Waals surface area contributed by atoms with Gasteiger partial charge in [-0.25, -0.2) is 22.8 Å². The zero-order chi connectivity index (χ0) is 21.0. The normalized spacial score (nSPS) is 11.1. The smallest absolute Gasteiger partial charge is 0.334 e. The number of sulfonamides is 1. The van der Waals surface area contributed by atoms with Crippen LogP contribution in [0.25, 0.3) is 0 Å². The second kappa shape index (κ2) is 8.16. The minimum Gasteiger partial charge on any atom is -0.334 e. The first kappa shape index (κ1) is 20.1. The summed E-state index contributed by atoms with van der Waals surface area (Å²) in [5, 5.41) is 14.2. The Balaban J connectivity index is 1.86. The van der Waals surface area contributed by atoms with E-state index in [1.165, 1.54) is 36.4 Å². The molecule has 2 aromatic carbocycles. The van der Waals surface area contributed by atoms with Gasteiger partial charge in [-0.3, -0.25) is 15.5 Å². The fourth-order valence-electron chi connectivity index (χ4n) is 2.30. The monoisotopic (exact) mass is 418 g/mol. The average molecular weight is 418 g/mol. The van der Waals surface area contributed by atoms with Crippen LogP contribution in [0.2, 0.25) is 0 Å². The Morgan fingerprint density at radius 2 is 1.62 bits per heavy atom.